The van der Waals surface area contributed by atoms with Gasteiger partial charge in [0.2, 0.25) is 5.11 Å². The van der Waals surface area contributed by atoms with Crippen molar-refractivity contribution < 1.29 is 0 Å². The van der Waals surface area contributed by atoms with Crippen LogP contribution in [0.3, 0.4) is 0 Å². The van der Waals surface area contributed by atoms with Crippen LogP contribution >= 0.6 is 12.2 Å². The number of hydrogen-bond donors (Lipinski definition) is 0. The van der Waals surface area contributed by atoms with Gasteiger partial charge in [0.1, 0.15) is 5.82 Å². The van der Waals surface area contributed by atoms with Crippen molar-refractivity contribution in [2.75, 3.05) is 7.05 Å². The summed E-state index contributed by atoms with van der Waals surface area (Å²) < 4.78 is 0. The molecule has 0 N–H and O–H groups in total. The molecule has 0 radical (unpaired) electrons. The van der Waals surface area contributed by atoms with E-state index in [0.29, 0.717) is 10.9 Å². The van der Waals surface area contributed by atoms with Crippen LogP contribution in [0.1, 0.15) is 0 Å². The lowest BCUT2D eigenvalue weighted by molar-refractivity contribution is 0.656. The summed E-state index contributed by atoms with van der Waals surface area (Å²) in [6.07, 6.45) is 0. The van der Waals surface area contributed by atoms with Gasteiger partial charge in [0.15, 0.2) is 0 Å². The zero-order valence-electron chi connectivity index (χ0n) is 4.46. The summed E-state index contributed by atoms with van der Waals surface area (Å²) in [5.41, 5.74) is 0. The van der Waals surface area contributed by atoms with Crippen molar-refractivity contribution in [3.63, 3.8) is 0 Å². The van der Waals surface area contributed by atoms with Crippen molar-refractivity contribution in [1.29, 1.82) is 0 Å². The Morgan fingerprint density at radius 2 is 2.25 bits per heavy atom. The fraction of sp³-hybridized carbons (Fsp3) is 0.250. The van der Waals surface area contributed by atoms with Gasteiger partial charge in [-0.1, -0.05) is 6.58 Å². The van der Waals surface area contributed by atoms with E-state index in [1.165, 1.54) is 0 Å². The van der Waals surface area contributed by atoms with E-state index in [9.17, 15) is 0 Å². The SMILES string of the molecule is C=C1N=NC(=S)N1C. The van der Waals surface area contributed by atoms with E-state index in [-0.39, 0.29) is 0 Å². The minimum Gasteiger partial charge on any atom is -0.302 e. The van der Waals surface area contributed by atoms with Crippen molar-refractivity contribution >= 4 is 17.3 Å². The molecule has 0 aromatic rings. The van der Waals surface area contributed by atoms with Crippen LogP contribution in [0.15, 0.2) is 22.6 Å². The van der Waals surface area contributed by atoms with Gasteiger partial charge in [-0.3, -0.25) is 0 Å². The van der Waals surface area contributed by atoms with Gasteiger partial charge in [-0.05, 0) is 12.2 Å². The third kappa shape index (κ3) is 0.626. The molecule has 0 aliphatic carbocycles. The van der Waals surface area contributed by atoms with Crippen LogP contribution in [0.2, 0.25) is 0 Å². The Balaban J connectivity index is 2.84. The first-order valence-corrected chi connectivity index (χ1v) is 2.51. The summed E-state index contributed by atoms with van der Waals surface area (Å²) in [7, 11) is 1.78. The third-order valence-corrected chi connectivity index (χ3v) is 1.28. The molecular formula is C4H5N3S. The predicted octanol–water partition coefficient (Wildman–Crippen LogP) is 1.14. The number of thiocarbonyl (C=S) groups is 1. The van der Waals surface area contributed by atoms with E-state index in [1.54, 1.807) is 11.9 Å². The summed E-state index contributed by atoms with van der Waals surface area (Å²) in [5, 5.41) is 7.68. The Morgan fingerprint density at radius 1 is 1.62 bits per heavy atom. The summed E-state index contributed by atoms with van der Waals surface area (Å²) in [6, 6.07) is 0. The van der Waals surface area contributed by atoms with Crippen LogP contribution in [0.25, 0.3) is 0 Å². The molecule has 0 saturated heterocycles. The van der Waals surface area contributed by atoms with Gasteiger partial charge < -0.3 is 4.90 Å². The molecule has 0 spiro atoms. The maximum atomic E-state index is 4.72. The van der Waals surface area contributed by atoms with Crippen LogP contribution in [0.4, 0.5) is 0 Å². The highest BCUT2D eigenvalue weighted by atomic mass is 32.1. The first-order chi connectivity index (χ1) is 3.72. The van der Waals surface area contributed by atoms with E-state index in [2.05, 4.69) is 16.8 Å². The fourth-order valence-electron chi connectivity index (χ4n) is 0.345. The highest BCUT2D eigenvalue weighted by molar-refractivity contribution is 7.80. The standard InChI is InChI=1S/C4H5N3S/c1-3-5-6-4(8)7(3)2/h1H2,2H3. The molecule has 0 aromatic carbocycles. The number of hydrogen-bond acceptors (Lipinski definition) is 2. The molecule has 0 aromatic heterocycles. The summed E-state index contributed by atoms with van der Waals surface area (Å²) in [5.74, 6) is 0.606. The van der Waals surface area contributed by atoms with E-state index in [1.807, 2.05) is 0 Å². The molecule has 42 valence electrons. The number of rotatable bonds is 0. The summed E-state index contributed by atoms with van der Waals surface area (Å²) in [6.45, 7) is 3.56. The lowest BCUT2D eigenvalue weighted by atomic mass is 10.7. The first-order valence-electron chi connectivity index (χ1n) is 2.10. The van der Waals surface area contributed by atoms with Crippen molar-refractivity contribution in [1.82, 2.24) is 4.90 Å². The number of nitrogens with zero attached hydrogens (tertiary/aromatic N) is 3. The minimum atomic E-state index is 0.481. The second-order valence-electron chi connectivity index (χ2n) is 1.46. The summed E-state index contributed by atoms with van der Waals surface area (Å²) in [4.78, 5) is 1.65. The molecule has 0 amide bonds. The molecule has 0 unspecified atom stereocenters. The van der Waals surface area contributed by atoms with Gasteiger partial charge in [-0.15, -0.1) is 10.2 Å². The Bertz CT molecular complexity index is 154. The predicted molar refractivity (Wildman–Crippen MR) is 34.4 cm³/mol. The van der Waals surface area contributed by atoms with Crippen LogP contribution in [0, 0.1) is 0 Å². The Morgan fingerprint density at radius 3 is 2.38 bits per heavy atom. The van der Waals surface area contributed by atoms with Gasteiger partial charge >= 0.3 is 0 Å². The quantitative estimate of drug-likeness (QED) is 0.456. The molecule has 1 aliphatic rings. The van der Waals surface area contributed by atoms with E-state index in [0.717, 1.165) is 0 Å². The highest BCUT2D eigenvalue weighted by Gasteiger charge is 2.11. The molecule has 0 atom stereocenters. The van der Waals surface area contributed by atoms with Crippen molar-refractivity contribution in [3.05, 3.63) is 12.4 Å². The topological polar surface area (TPSA) is 28.0 Å². The van der Waals surface area contributed by atoms with Gasteiger partial charge in [0.25, 0.3) is 0 Å². The van der Waals surface area contributed by atoms with Gasteiger partial charge in [-0.25, -0.2) is 0 Å². The smallest absolute Gasteiger partial charge is 0.221 e. The van der Waals surface area contributed by atoms with Crippen LogP contribution < -0.4 is 0 Å². The Hall–Kier alpha value is -0.770. The molecule has 8 heavy (non-hydrogen) atoms. The molecule has 1 heterocycles. The monoisotopic (exact) mass is 127 g/mol. The molecule has 1 aliphatic heterocycles. The van der Waals surface area contributed by atoms with Gasteiger partial charge in [-0.2, -0.15) is 0 Å². The maximum absolute atomic E-state index is 4.72. The minimum absolute atomic E-state index is 0.481. The van der Waals surface area contributed by atoms with Crippen molar-refractivity contribution in [3.8, 4) is 0 Å². The zero-order chi connectivity index (χ0) is 6.15. The zero-order valence-corrected chi connectivity index (χ0v) is 5.27. The van der Waals surface area contributed by atoms with E-state index in [4.69, 9.17) is 12.2 Å². The van der Waals surface area contributed by atoms with E-state index >= 15 is 0 Å². The molecular weight excluding hydrogens is 122 g/mol. The lowest BCUT2D eigenvalue weighted by Crippen LogP contribution is -2.14. The molecule has 3 nitrogen and oxygen atoms in total. The molecule has 0 bridgehead atoms. The lowest BCUT2D eigenvalue weighted by Gasteiger charge is -2.04. The van der Waals surface area contributed by atoms with Crippen LogP contribution in [-0.4, -0.2) is 17.1 Å². The average Bonchev–Trinajstić information content (AvgIpc) is 1.98. The molecule has 0 fully saturated rings. The fourth-order valence-corrected chi connectivity index (χ4v) is 0.491. The molecule has 1 rings (SSSR count). The van der Waals surface area contributed by atoms with E-state index < -0.39 is 0 Å². The molecule has 4 heteroatoms. The number of azo groups is 1. The van der Waals surface area contributed by atoms with Gasteiger partial charge in [0.05, 0.1) is 0 Å². The first kappa shape index (κ1) is 5.37. The largest absolute Gasteiger partial charge is 0.302 e. The third-order valence-electron chi connectivity index (χ3n) is 0.925. The van der Waals surface area contributed by atoms with Gasteiger partial charge in [0, 0.05) is 7.05 Å². The Kier molecular flexibility index (Phi) is 1.09. The summed E-state index contributed by atoms with van der Waals surface area (Å²) >= 11 is 4.72. The average molecular weight is 127 g/mol. The highest BCUT2D eigenvalue weighted by Crippen LogP contribution is 2.10. The van der Waals surface area contributed by atoms with Crippen molar-refractivity contribution in [2.24, 2.45) is 10.2 Å². The van der Waals surface area contributed by atoms with Crippen molar-refractivity contribution in [2.45, 2.75) is 0 Å². The second-order valence-corrected chi connectivity index (χ2v) is 1.82. The normalized spacial score (nSPS) is 18.4. The van der Waals surface area contributed by atoms with Crippen LogP contribution in [0.5, 0.6) is 0 Å². The Labute approximate surface area is 52.7 Å². The molecule has 0 saturated carbocycles. The second kappa shape index (κ2) is 1.63. The van der Waals surface area contributed by atoms with Crippen LogP contribution in [-0.2, 0) is 0 Å². The maximum Gasteiger partial charge on any atom is 0.221 e.